The van der Waals surface area contributed by atoms with Crippen LogP contribution in [-0.4, -0.2) is 34.8 Å². The van der Waals surface area contributed by atoms with Gasteiger partial charge in [0.05, 0.1) is 0 Å². The highest BCUT2D eigenvalue weighted by Crippen LogP contribution is 2.32. The molecule has 1 saturated heterocycles. The Balaban J connectivity index is 2.32. The summed E-state index contributed by atoms with van der Waals surface area (Å²) < 4.78 is 0. The summed E-state index contributed by atoms with van der Waals surface area (Å²) >= 11 is 0. The van der Waals surface area contributed by atoms with E-state index in [4.69, 9.17) is 5.84 Å². The molecule has 0 spiro atoms. The van der Waals surface area contributed by atoms with Crippen molar-refractivity contribution in [3.8, 4) is 0 Å². The van der Waals surface area contributed by atoms with Crippen molar-refractivity contribution in [2.45, 2.75) is 26.2 Å². The first-order chi connectivity index (χ1) is 8.67. The summed E-state index contributed by atoms with van der Waals surface area (Å²) in [6.45, 7) is 6.20. The number of hydrazine groups is 1. The second-order valence-electron chi connectivity index (χ2n) is 5.04. The maximum atomic E-state index is 9.22. The summed E-state index contributed by atoms with van der Waals surface area (Å²) in [5, 5.41) is 9.22. The van der Waals surface area contributed by atoms with E-state index in [2.05, 4.69) is 34.1 Å². The molecular weight excluding hydrogens is 230 g/mol. The molecule has 1 aliphatic heterocycles. The van der Waals surface area contributed by atoms with Crippen LogP contribution in [0.1, 0.15) is 31.7 Å². The Bertz CT molecular complexity index is 409. The lowest BCUT2D eigenvalue weighted by molar-refractivity contribution is 0.238. The van der Waals surface area contributed by atoms with Gasteiger partial charge in [-0.3, -0.25) is 0 Å². The summed E-state index contributed by atoms with van der Waals surface area (Å²) in [7, 11) is 0. The number of hydrogen-bond donors (Lipinski definition) is 3. The van der Waals surface area contributed by atoms with Crippen LogP contribution >= 0.6 is 0 Å². The molecule has 18 heavy (non-hydrogen) atoms. The molecular formula is C12H21N5O. The van der Waals surface area contributed by atoms with Gasteiger partial charge in [0.2, 0.25) is 0 Å². The first-order valence-electron chi connectivity index (χ1n) is 6.34. The Kier molecular flexibility index (Phi) is 3.98. The van der Waals surface area contributed by atoms with Crippen molar-refractivity contribution in [3.05, 3.63) is 11.9 Å². The number of nitrogen functional groups attached to an aromatic ring is 1. The fraction of sp³-hybridized carbons (Fsp3) is 0.667. The van der Waals surface area contributed by atoms with Crippen molar-refractivity contribution in [2.75, 3.05) is 30.0 Å². The number of nitrogens with two attached hydrogens (primary N) is 1. The van der Waals surface area contributed by atoms with Crippen LogP contribution in [0.3, 0.4) is 0 Å². The van der Waals surface area contributed by atoms with Gasteiger partial charge in [0.25, 0.3) is 0 Å². The Morgan fingerprint density at radius 2 is 2.33 bits per heavy atom. The van der Waals surface area contributed by atoms with Crippen molar-refractivity contribution >= 4 is 11.6 Å². The van der Waals surface area contributed by atoms with E-state index in [1.165, 1.54) is 6.33 Å². The van der Waals surface area contributed by atoms with Crippen molar-refractivity contribution < 1.29 is 5.11 Å². The Labute approximate surface area is 107 Å². The van der Waals surface area contributed by atoms with Crippen LogP contribution in [0.5, 0.6) is 0 Å². The third kappa shape index (κ3) is 2.39. The molecule has 6 nitrogen and oxygen atoms in total. The van der Waals surface area contributed by atoms with E-state index in [9.17, 15) is 5.11 Å². The highest BCUT2D eigenvalue weighted by atomic mass is 16.3. The number of aliphatic hydroxyl groups excluding tert-OH is 1. The van der Waals surface area contributed by atoms with Crippen LogP contribution in [-0.2, 0) is 0 Å². The second-order valence-corrected chi connectivity index (χ2v) is 5.04. The smallest absolute Gasteiger partial charge is 0.148 e. The van der Waals surface area contributed by atoms with Gasteiger partial charge < -0.3 is 15.4 Å². The molecule has 0 amide bonds. The van der Waals surface area contributed by atoms with Crippen molar-refractivity contribution in [1.29, 1.82) is 0 Å². The maximum absolute atomic E-state index is 9.22. The van der Waals surface area contributed by atoms with Gasteiger partial charge in [-0.15, -0.1) is 0 Å². The first kappa shape index (κ1) is 13.0. The lowest BCUT2D eigenvalue weighted by atomic mass is 10.0. The molecule has 1 unspecified atom stereocenters. The van der Waals surface area contributed by atoms with E-state index < -0.39 is 0 Å². The number of aliphatic hydroxyl groups is 1. The molecule has 1 aliphatic rings. The van der Waals surface area contributed by atoms with Crippen LogP contribution < -0.4 is 16.2 Å². The molecule has 0 radical (unpaired) electrons. The minimum atomic E-state index is 0.237. The van der Waals surface area contributed by atoms with Crippen LogP contribution in [0.15, 0.2) is 6.33 Å². The highest BCUT2D eigenvalue weighted by Gasteiger charge is 2.26. The summed E-state index contributed by atoms with van der Waals surface area (Å²) in [6, 6.07) is 0. The molecule has 0 saturated carbocycles. The Morgan fingerprint density at radius 3 is 2.89 bits per heavy atom. The van der Waals surface area contributed by atoms with E-state index in [1.54, 1.807) is 0 Å². The lowest BCUT2D eigenvalue weighted by Gasteiger charge is -2.23. The first-order valence-corrected chi connectivity index (χ1v) is 6.34. The van der Waals surface area contributed by atoms with Crippen molar-refractivity contribution in [3.63, 3.8) is 0 Å². The lowest BCUT2D eigenvalue weighted by Crippen LogP contribution is -2.25. The fourth-order valence-electron chi connectivity index (χ4n) is 2.46. The predicted molar refractivity (Wildman–Crippen MR) is 71.3 cm³/mol. The van der Waals surface area contributed by atoms with Crippen LogP contribution in [0.4, 0.5) is 11.6 Å². The molecule has 4 N–H and O–H groups in total. The summed E-state index contributed by atoms with van der Waals surface area (Å²) in [5.41, 5.74) is 3.68. The van der Waals surface area contributed by atoms with Gasteiger partial charge in [-0.05, 0) is 12.3 Å². The molecule has 100 valence electrons. The zero-order valence-corrected chi connectivity index (χ0v) is 10.9. The van der Waals surface area contributed by atoms with E-state index in [-0.39, 0.29) is 6.61 Å². The molecule has 1 aromatic heterocycles. The number of anilines is 2. The third-order valence-corrected chi connectivity index (χ3v) is 3.42. The van der Waals surface area contributed by atoms with Gasteiger partial charge in [-0.1, -0.05) is 13.8 Å². The zero-order valence-electron chi connectivity index (χ0n) is 10.9. The molecule has 0 bridgehead atoms. The quantitative estimate of drug-likeness (QED) is 0.539. The standard InChI is InChI=1S/C12H21N5O/c1-8(2)10-11(16-13)14-7-15-12(10)17-4-3-9(5-17)6-18/h7-9,18H,3-6,13H2,1-2H3,(H,14,15,16). The monoisotopic (exact) mass is 251 g/mol. The van der Waals surface area contributed by atoms with Gasteiger partial charge >= 0.3 is 0 Å². The molecule has 1 atom stereocenters. The van der Waals surface area contributed by atoms with E-state index in [0.717, 1.165) is 30.9 Å². The van der Waals surface area contributed by atoms with Gasteiger partial charge in [0, 0.05) is 31.2 Å². The topological polar surface area (TPSA) is 87.3 Å². The van der Waals surface area contributed by atoms with Crippen molar-refractivity contribution in [2.24, 2.45) is 11.8 Å². The number of aromatic nitrogens is 2. The minimum absolute atomic E-state index is 0.237. The van der Waals surface area contributed by atoms with Gasteiger partial charge in [-0.25, -0.2) is 15.8 Å². The van der Waals surface area contributed by atoms with Gasteiger partial charge in [0.1, 0.15) is 18.0 Å². The largest absolute Gasteiger partial charge is 0.396 e. The normalized spacial score (nSPS) is 19.6. The van der Waals surface area contributed by atoms with E-state index >= 15 is 0 Å². The minimum Gasteiger partial charge on any atom is -0.396 e. The molecule has 1 fully saturated rings. The molecule has 0 aliphatic carbocycles. The Hall–Kier alpha value is -1.40. The number of nitrogens with zero attached hydrogens (tertiary/aromatic N) is 3. The molecule has 6 heteroatoms. The van der Waals surface area contributed by atoms with Gasteiger partial charge in [0.15, 0.2) is 0 Å². The molecule has 1 aromatic rings. The Morgan fingerprint density at radius 1 is 1.56 bits per heavy atom. The molecule has 0 aromatic carbocycles. The maximum Gasteiger partial charge on any atom is 0.148 e. The molecule has 2 heterocycles. The summed E-state index contributed by atoms with van der Waals surface area (Å²) in [4.78, 5) is 10.8. The number of hydrogen-bond acceptors (Lipinski definition) is 6. The SMILES string of the molecule is CC(C)c1c(NN)ncnc1N1CCC(CO)C1. The van der Waals surface area contributed by atoms with Crippen LogP contribution in [0.2, 0.25) is 0 Å². The van der Waals surface area contributed by atoms with Gasteiger partial charge in [-0.2, -0.15) is 0 Å². The average Bonchev–Trinajstić information content (AvgIpc) is 2.86. The highest BCUT2D eigenvalue weighted by molar-refractivity contribution is 5.60. The average molecular weight is 251 g/mol. The third-order valence-electron chi connectivity index (χ3n) is 3.42. The zero-order chi connectivity index (χ0) is 13.1. The predicted octanol–water partition coefficient (Wildman–Crippen LogP) is 0.704. The summed E-state index contributed by atoms with van der Waals surface area (Å²) in [5.74, 6) is 7.76. The van der Waals surface area contributed by atoms with Crippen molar-refractivity contribution in [1.82, 2.24) is 9.97 Å². The molecule has 2 rings (SSSR count). The fourth-order valence-corrected chi connectivity index (χ4v) is 2.46. The second kappa shape index (κ2) is 5.49. The summed E-state index contributed by atoms with van der Waals surface area (Å²) in [6.07, 6.45) is 2.53. The van der Waals surface area contributed by atoms with E-state index in [1.807, 2.05) is 0 Å². The number of nitrogens with one attached hydrogen (secondary N) is 1. The van der Waals surface area contributed by atoms with Crippen LogP contribution in [0, 0.1) is 5.92 Å². The van der Waals surface area contributed by atoms with Crippen LogP contribution in [0.25, 0.3) is 0 Å². The van der Waals surface area contributed by atoms with E-state index in [0.29, 0.717) is 17.7 Å². The number of rotatable bonds is 4.